The van der Waals surface area contributed by atoms with Crippen LogP contribution in [0.25, 0.3) is 10.8 Å². The van der Waals surface area contributed by atoms with Crippen LogP contribution in [0.5, 0.6) is 0 Å². The zero-order valence-corrected chi connectivity index (χ0v) is 15.4. The maximum Gasteiger partial charge on any atom is 0.236 e. The largest absolute Gasteiger partial charge is 0.440 e. The molecule has 1 amide bonds. The summed E-state index contributed by atoms with van der Waals surface area (Å²) in [6, 6.07) is 11.8. The van der Waals surface area contributed by atoms with Gasteiger partial charge in [0.05, 0.1) is 17.0 Å². The number of thiophene rings is 1. The number of oxazole rings is 1. The quantitative estimate of drug-likeness (QED) is 0.727. The maximum atomic E-state index is 12.4. The minimum absolute atomic E-state index is 0.101. The van der Waals surface area contributed by atoms with Crippen LogP contribution in [0.3, 0.4) is 0 Å². The highest BCUT2D eigenvalue weighted by Gasteiger charge is 2.15. The molecule has 0 atom stereocenters. The summed E-state index contributed by atoms with van der Waals surface area (Å²) in [6.45, 7) is 2.67. The highest BCUT2D eigenvalue weighted by Crippen LogP contribution is 2.26. The lowest BCUT2D eigenvalue weighted by molar-refractivity contribution is -0.115. The minimum atomic E-state index is -0.101. The Morgan fingerprint density at radius 3 is 2.84 bits per heavy atom. The number of carbonyl (C=O) groups is 1. The van der Waals surface area contributed by atoms with Crippen molar-refractivity contribution < 1.29 is 9.21 Å². The van der Waals surface area contributed by atoms with Gasteiger partial charge in [-0.05, 0) is 50.2 Å². The van der Waals surface area contributed by atoms with Crippen LogP contribution >= 0.6 is 11.3 Å². The van der Waals surface area contributed by atoms with Gasteiger partial charge in [0.15, 0.2) is 0 Å². The van der Waals surface area contributed by atoms with Crippen LogP contribution < -0.4 is 5.32 Å². The van der Waals surface area contributed by atoms with Gasteiger partial charge in [0.25, 0.3) is 0 Å². The Morgan fingerprint density at radius 1 is 1.28 bits per heavy atom. The lowest BCUT2D eigenvalue weighted by atomic mass is 10.2. The molecule has 0 saturated heterocycles. The molecule has 0 fully saturated rings. The SMILES string of the molecule is Cc1oc(-c2cccs2)nc1CC(=O)Nc1cccc(CN(C)C)c1. The van der Waals surface area contributed by atoms with Crippen molar-refractivity contribution in [3.8, 4) is 10.8 Å². The summed E-state index contributed by atoms with van der Waals surface area (Å²) in [5.74, 6) is 1.15. The summed E-state index contributed by atoms with van der Waals surface area (Å²) in [5, 5.41) is 4.91. The van der Waals surface area contributed by atoms with Gasteiger partial charge in [-0.3, -0.25) is 4.79 Å². The van der Waals surface area contributed by atoms with Crippen molar-refractivity contribution in [3.63, 3.8) is 0 Å². The van der Waals surface area contributed by atoms with Crippen molar-refractivity contribution in [1.29, 1.82) is 0 Å². The topological polar surface area (TPSA) is 58.4 Å². The Morgan fingerprint density at radius 2 is 2.12 bits per heavy atom. The Balaban J connectivity index is 1.67. The standard InChI is InChI=1S/C19H21N3O2S/c1-13-16(21-19(24-13)17-8-5-9-25-17)11-18(23)20-15-7-4-6-14(10-15)12-22(2)3/h4-10H,11-12H2,1-3H3,(H,20,23). The zero-order valence-electron chi connectivity index (χ0n) is 14.6. The molecule has 0 radical (unpaired) electrons. The molecular formula is C19H21N3O2S. The van der Waals surface area contributed by atoms with Crippen LogP contribution in [0.15, 0.2) is 46.2 Å². The Bertz CT molecular complexity index is 853. The third-order valence-electron chi connectivity index (χ3n) is 3.66. The molecular weight excluding hydrogens is 334 g/mol. The number of anilines is 1. The number of nitrogens with one attached hydrogen (secondary N) is 1. The average molecular weight is 355 g/mol. The summed E-state index contributed by atoms with van der Waals surface area (Å²) in [6.07, 6.45) is 0.193. The molecule has 2 heterocycles. The first-order valence-corrected chi connectivity index (χ1v) is 8.93. The van der Waals surface area contributed by atoms with Crippen molar-refractivity contribution in [3.05, 3.63) is 58.8 Å². The number of hydrogen-bond donors (Lipinski definition) is 1. The van der Waals surface area contributed by atoms with Crippen LogP contribution in [0.1, 0.15) is 17.0 Å². The van der Waals surface area contributed by atoms with Gasteiger partial charge in [-0.25, -0.2) is 4.98 Å². The summed E-state index contributed by atoms with van der Waals surface area (Å²) < 4.78 is 5.69. The molecule has 0 unspecified atom stereocenters. The third kappa shape index (κ3) is 4.55. The van der Waals surface area contributed by atoms with Crippen LogP contribution in [0, 0.1) is 6.92 Å². The van der Waals surface area contributed by atoms with E-state index in [0.29, 0.717) is 17.3 Å². The predicted octanol–water partition coefficient (Wildman–Crippen LogP) is 3.95. The van der Waals surface area contributed by atoms with E-state index >= 15 is 0 Å². The fourth-order valence-corrected chi connectivity index (χ4v) is 3.22. The van der Waals surface area contributed by atoms with Gasteiger partial charge < -0.3 is 14.6 Å². The highest BCUT2D eigenvalue weighted by molar-refractivity contribution is 7.13. The van der Waals surface area contributed by atoms with Crippen LogP contribution in [-0.4, -0.2) is 29.9 Å². The summed E-state index contributed by atoms with van der Waals surface area (Å²) in [5.41, 5.74) is 2.62. The van der Waals surface area contributed by atoms with Gasteiger partial charge >= 0.3 is 0 Å². The number of aromatic nitrogens is 1. The van der Waals surface area contributed by atoms with E-state index in [4.69, 9.17) is 4.42 Å². The number of rotatable bonds is 6. The molecule has 0 aliphatic rings. The maximum absolute atomic E-state index is 12.4. The van der Waals surface area contributed by atoms with Gasteiger partial charge in [0, 0.05) is 12.2 Å². The van der Waals surface area contributed by atoms with Crippen molar-refractivity contribution >= 4 is 22.9 Å². The molecule has 130 valence electrons. The first-order chi connectivity index (χ1) is 12.0. The average Bonchev–Trinajstić information content (AvgIpc) is 3.17. The molecule has 0 saturated carbocycles. The zero-order chi connectivity index (χ0) is 17.8. The Kier molecular flexibility index (Phi) is 5.31. The van der Waals surface area contributed by atoms with Gasteiger partial charge in [0.2, 0.25) is 11.8 Å². The molecule has 1 aromatic carbocycles. The number of benzene rings is 1. The van der Waals surface area contributed by atoms with E-state index in [2.05, 4.69) is 15.2 Å². The number of carbonyl (C=O) groups excluding carboxylic acids is 1. The van der Waals surface area contributed by atoms with E-state index in [1.54, 1.807) is 11.3 Å². The number of hydrogen-bond acceptors (Lipinski definition) is 5. The van der Waals surface area contributed by atoms with Crippen LogP contribution in [0.4, 0.5) is 5.69 Å². The Labute approximate surface area is 151 Å². The van der Waals surface area contributed by atoms with Crippen molar-refractivity contribution in [2.24, 2.45) is 0 Å². The molecule has 3 rings (SSSR count). The second-order valence-corrected chi connectivity index (χ2v) is 7.11. The van der Waals surface area contributed by atoms with Crippen molar-refractivity contribution in [1.82, 2.24) is 9.88 Å². The molecule has 0 bridgehead atoms. The first-order valence-electron chi connectivity index (χ1n) is 8.05. The summed E-state index contributed by atoms with van der Waals surface area (Å²) >= 11 is 1.57. The number of nitrogens with zero attached hydrogens (tertiary/aromatic N) is 2. The number of aryl methyl sites for hydroxylation is 1. The van der Waals surface area contributed by atoms with E-state index in [1.807, 2.05) is 62.8 Å². The lowest BCUT2D eigenvalue weighted by Gasteiger charge is -2.11. The fourth-order valence-electron chi connectivity index (χ4n) is 2.57. The van der Waals surface area contributed by atoms with Crippen molar-refractivity contribution in [2.75, 3.05) is 19.4 Å². The predicted molar refractivity (Wildman–Crippen MR) is 101 cm³/mol. The van der Waals surface area contributed by atoms with Crippen molar-refractivity contribution in [2.45, 2.75) is 19.9 Å². The highest BCUT2D eigenvalue weighted by atomic mass is 32.1. The van der Waals surface area contributed by atoms with Gasteiger partial charge in [-0.15, -0.1) is 11.3 Å². The second-order valence-electron chi connectivity index (χ2n) is 6.16. The second kappa shape index (κ2) is 7.63. The molecule has 25 heavy (non-hydrogen) atoms. The van der Waals surface area contributed by atoms with E-state index in [0.717, 1.165) is 22.7 Å². The molecule has 0 aliphatic carbocycles. The lowest BCUT2D eigenvalue weighted by Crippen LogP contribution is -2.16. The normalized spacial score (nSPS) is 11.0. The summed E-state index contributed by atoms with van der Waals surface area (Å²) in [4.78, 5) is 19.9. The minimum Gasteiger partial charge on any atom is -0.440 e. The molecule has 2 aromatic heterocycles. The fraction of sp³-hybridized carbons (Fsp3) is 0.263. The van der Waals surface area contributed by atoms with Gasteiger partial charge in [-0.1, -0.05) is 18.2 Å². The molecule has 3 aromatic rings. The van der Waals surface area contributed by atoms with Crippen LogP contribution in [0.2, 0.25) is 0 Å². The smallest absolute Gasteiger partial charge is 0.236 e. The third-order valence-corrected chi connectivity index (χ3v) is 4.52. The monoisotopic (exact) mass is 355 g/mol. The van der Waals surface area contributed by atoms with E-state index in [9.17, 15) is 4.79 Å². The first kappa shape index (κ1) is 17.4. The van der Waals surface area contributed by atoms with Gasteiger partial charge in [0.1, 0.15) is 5.76 Å². The summed E-state index contributed by atoms with van der Waals surface area (Å²) in [7, 11) is 4.04. The van der Waals surface area contributed by atoms with E-state index < -0.39 is 0 Å². The molecule has 6 heteroatoms. The van der Waals surface area contributed by atoms with E-state index in [-0.39, 0.29) is 12.3 Å². The van der Waals surface area contributed by atoms with Gasteiger partial charge in [-0.2, -0.15) is 0 Å². The Hall–Kier alpha value is -2.44. The molecule has 1 N–H and O–H groups in total. The molecule has 0 aliphatic heterocycles. The van der Waals surface area contributed by atoms with Crippen LogP contribution in [-0.2, 0) is 17.8 Å². The molecule has 0 spiro atoms. The molecule has 5 nitrogen and oxygen atoms in total. The van der Waals surface area contributed by atoms with E-state index in [1.165, 1.54) is 0 Å². The number of amides is 1.